The highest BCUT2D eigenvalue weighted by Gasteiger charge is 2.27. The summed E-state index contributed by atoms with van der Waals surface area (Å²) < 4.78 is 32.2. The van der Waals surface area contributed by atoms with Gasteiger partial charge in [0.25, 0.3) is 0 Å². The third kappa shape index (κ3) is 28.9. The number of carbonyl (C=O) groups excluding carboxylic acids is 2. The van der Waals surface area contributed by atoms with Crippen molar-refractivity contribution in [1.29, 1.82) is 0 Å². The minimum Gasteiger partial charge on any atom is -0.462 e. The average Bonchev–Trinajstić information content (AvgIpc) is 2.99. The lowest BCUT2D eigenvalue weighted by Crippen LogP contribution is -2.29. The van der Waals surface area contributed by atoms with Crippen LogP contribution in [0.3, 0.4) is 0 Å². The maximum absolute atomic E-state index is 12.4. The first-order chi connectivity index (χ1) is 20.7. The molecule has 0 aromatic heterocycles. The van der Waals surface area contributed by atoms with Gasteiger partial charge in [0.1, 0.15) is 12.7 Å². The normalized spacial score (nSPS) is 14.6. The zero-order valence-corrected chi connectivity index (χ0v) is 27.6. The summed E-state index contributed by atoms with van der Waals surface area (Å²) in [6.45, 7) is 2.17. The molecular formula is C32H59O10P. The van der Waals surface area contributed by atoms with Crippen molar-refractivity contribution in [1.82, 2.24) is 0 Å². The van der Waals surface area contributed by atoms with Crippen LogP contribution in [0.15, 0.2) is 24.3 Å². The Morgan fingerprint density at radius 3 is 1.81 bits per heavy atom. The van der Waals surface area contributed by atoms with Crippen LogP contribution in [0, 0.1) is 0 Å². The molecule has 0 aromatic carbocycles. The van der Waals surface area contributed by atoms with Gasteiger partial charge in [0, 0.05) is 12.8 Å². The maximum atomic E-state index is 12.4. The van der Waals surface area contributed by atoms with Crippen LogP contribution < -0.4 is 0 Å². The lowest BCUT2D eigenvalue weighted by Gasteiger charge is -2.20. The molecule has 11 heteroatoms. The number of esters is 2. The van der Waals surface area contributed by atoms with Crippen LogP contribution >= 0.6 is 7.82 Å². The smallest absolute Gasteiger partial charge is 0.462 e. The number of ether oxygens (including phenoxy) is 2. The minimum absolute atomic E-state index is 0.169. The van der Waals surface area contributed by atoms with Crippen LogP contribution in [0.1, 0.15) is 129 Å². The van der Waals surface area contributed by atoms with E-state index in [1.165, 1.54) is 32.1 Å². The largest absolute Gasteiger partial charge is 0.472 e. The molecule has 0 aromatic rings. The zero-order valence-electron chi connectivity index (χ0n) is 26.7. The number of phosphoric acid groups is 1. The van der Waals surface area contributed by atoms with Crippen molar-refractivity contribution in [2.45, 2.75) is 142 Å². The van der Waals surface area contributed by atoms with E-state index in [1.54, 1.807) is 0 Å². The molecule has 43 heavy (non-hydrogen) atoms. The number of aliphatic hydroxyl groups is 2. The van der Waals surface area contributed by atoms with E-state index in [9.17, 15) is 24.2 Å². The second kappa shape index (κ2) is 29.2. The lowest BCUT2D eigenvalue weighted by atomic mass is 10.1. The summed E-state index contributed by atoms with van der Waals surface area (Å²) in [4.78, 5) is 34.3. The number of aliphatic hydroxyl groups excluding tert-OH is 2. The Morgan fingerprint density at radius 2 is 1.21 bits per heavy atom. The topological polar surface area (TPSA) is 149 Å². The van der Waals surface area contributed by atoms with Crippen molar-refractivity contribution in [3.63, 3.8) is 0 Å². The Bertz CT molecular complexity index is 786. The number of rotatable bonds is 30. The zero-order chi connectivity index (χ0) is 32.0. The molecule has 0 radical (unpaired) electrons. The molecule has 0 aliphatic heterocycles. The molecule has 3 N–H and O–H groups in total. The maximum Gasteiger partial charge on any atom is 0.472 e. The first-order valence-electron chi connectivity index (χ1n) is 16.3. The standard InChI is InChI=1S/C32H59O10P/c1-3-5-7-9-10-11-12-13-14-15-16-17-18-19-20-22-24-32(36)42-30(27-39-31(35)23-21-8-6-4-2)28-41-43(37,38)40-26-29(34)25-33/h11-12,14-15,29-30,33-34H,3-10,13,16-28H2,1-2H3,(H,37,38)/b12-11-,15-14-. The summed E-state index contributed by atoms with van der Waals surface area (Å²) >= 11 is 0. The summed E-state index contributed by atoms with van der Waals surface area (Å²) in [6.07, 6.45) is 23.6. The molecule has 0 fully saturated rings. The predicted molar refractivity (Wildman–Crippen MR) is 168 cm³/mol. The molecule has 0 bridgehead atoms. The molecule has 0 spiro atoms. The third-order valence-corrected chi connectivity index (χ3v) is 7.56. The molecule has 0 saturated heterocycles. The van der Waals surface area contributed by atoms with Gasteiger partial charge >= 0.3 is 19.8 Å². The van der Waals surface area contributed by atoms with Gasteiger partial charge in [-0.25, -0.2) is 4.57 Å². The predicted octanol–water partition coefficient (Wildman–Crippen LogP) is 7.10. The van der Waals surface area contributed by atoms with Gasteiger partial charge in [-0.3, -0.25) is 18.6 Å². The lowest BCUT2D eigenvalue weighted by molar-refractivity contribution is -0.161. The van der Waals surface area contributed by atoms with Crippen LogP contribution in [-0.4, -0.2) is 65.7 Å². The summed E-state index contributed by atoms with van der Waals surface area (Å²) in [5.41, 5.74) is 0. The number of unbranched alkanes of at least 4 members (excludes halogenated alkanes) is 12. The number of allylic oxidation sites excluding steroid dienone is 4. The van der Waals surface area contributed by atoms with Crippen molar-refractivity contribution in [2.75, 3.05) is 26.4 Å². The Kier molecular flexibility index (Phi) is 28.1. The first-order valence-corrected chi connectivity index (χ1v) is 17.8. The Labute approximate surface area is 259 Å². The summed E-state index contributed by atoms with van der Waals surface area (Å²) in [7, 11) is -4.60. The molecule has 0 aliphatic rings. The summed E-state index contributed by atoms with van der Waals surface area (Å²) in [6, 6.07) is 0. The minimum atomic E-state index is -4.60. The molecule has 0 heterocycles. The third-order valence-electron chi connectivity index (χ3n) is 6.61. The fourth-order valence-corrected chi connectivity index (χ4v) is 4.81. The quantitative estimate of drug-likeness (QED) is 0.0323. The van der Waals surface area contributed by atoms with Gasteiger partial charge in [-0.2, -0.15) is 0 Å². The second-order valence-corrected chi connectivity index (χ2v) is 12.3. The van der Waals surface area contributed by atoms with Crippen LogP contribution in [0.4, 0.5) is 0 Å². The molecule has 10 nitrogen and oxygen atoms in total. The second-order valence-electron chi connectivity index (χ2n) is 10.8. The van der Waals surface area contributed by atoms with E-state index in [4.69, 9.17) is 19.1 Å². The van der Waals surface area contributed by atoms with E-state index in [-0.39, 0.29) is 19.4 Å². The van der Waals surface area contributed by atoms with Crippen molar-refractivity contribution in [2.24, 2.45) is 0 Å². The van der Waals surface area contributed by atoms with Crippen molar-refractivity contribution in [3.05, 3.63) is 24.3 Å². The number of hydrogen-bond donors (Lipinski definition) is 3. The van der Waals surface area contributed by atoms with Crippen LogP contribution in [0.2, 0.25) is 0 Å². The van der Waals surface area contributed by atoms with Gasteiger partial charge in [0.2, 0.25) is 0 Å². The molecule has 0 rings (SSSR count). The van der Waals surface area contributed by atoms with Gasteiger partial charge in [0.15, 0.2) is 6.10 Å². The molecule has 3 unspecified atom stereocenters. The molecule has 0 amide bonds. The monoisotopic (exact) mass is 634 g/mol. The molecular weight excluding hydrogens is 575 g/mol. The first kappa shape index (κ1) is 41.4. The van der Waals surface area contributed by atoms with E-state index < -0.39 is 51.8 Å². The highest BCUT2D eigenvalue weighted by molar-refractivity contribution is 7.47. The summed E-state index contributed by atoms with van der Waals surface area (Å²) in [5.74, 6) is -0.964. The highest BCUT2D eigenvalue weighted by Crippen LogP contribution is 2.43. The Hall–Kier alpha value is -1.55. The van der Waals surface area contributed by atoms with E-state index in [1.807, 2.05) is 0 Å². The van der Waals surface area contributed by atoms with Gasteiger partial charge in [-0.15, -0.1) is 0 Å². The summed E-state index contributed by atoms with van der Waals surface area (Å²) in [5, 5.41) is 18.1. The fourth-order valence-electron chi connectivity index (χ4n) is 4.02. The van der Waals surface area contributed by atoms with Crippen LogP contribution in [0.5, 0.6) is 0 Å². The van der Waals surface area contributed by atoms with Gasteiger partial charge < -0.3 is 24.6 Å². The van der Waals surface area contributed by atoms with Gasteiger partial charge in [0.05, 0.1) is 19.8 Å². The number of carbonyl (C=O) groups is 2. The van der Waals surface area contributed by atoms with E-state index >= 15 is 0 Å². The molecule has 3 atom stereocenters. The van der Waals surface area contributed by atoms with E-state index in [0.717, 1.165) is 57.8 Å². The van der Waals surface area contributed by atoms with Crippen LogP contribution in [-0.2, 0) is 32.7 Å². The molecule has 0 aliphatic carbocycles. The van der Waals surface area contributed by atoms with Gasteiger partial charge in [-0.1, -0.05) is 95.9 Å². The number of hydrogen-bond acceptors (Lipinski definition) is 9. The van der Waals surface area contributed by atoms with Gasteiger partial charge in [-0.05, 0) is 44.9 Å². The highest BCUT2D eigenvalue weighted by atomic mass is 31.2. The fraction of sp³-hybridized carbons (Fsp3) is 0.812. The molecule has 0 saturated carbocycles. The van der Waals surface area contributed by atoms with E-state index in [2.05, 4.69) is 42.7 Å². The van der Waals surface area contributed by atoms with Crippen molar-refractivity contribution < 1.29 is 47.8 Å². The number of phosphoric ester groups is 1. The van der Waals surface area contributed by atoms with E-state index in [0.29, 0.717) is 12.8 Å². The van der Waals surface area contributed by atoms with Crippen molar-refractivity contribution in [3.8, 4) is 0 Å². The molecule has 252 valence electrons. The SMILES string of the molecule is CCCCCC/C=C\C/C=C\CCCCCCCC(=O)OC(COC(=O)CCCCCC)COP(=O)(O)OCC(O)CO. The van der Waals surface area contributed by atoms with Crippen molar-refractivity contribution >= 4 is 19.8 Å². The van der Waals surface area contributed by atoms with Crippen LogP contribution in [0.25, 0.3) is 0 Å². The Morgan fingerprint density at radius 1 is 0.698 bits per heavy atom. The average molecular weight is 635 g/mol. The Balaban J connectivity index is 4.32.